The van der Waals surface area contributed by atoms with Crippen LogP contribution in [0.25, 0.3) is 0 Å². The van der Waals surface area contributed by atoms with Crippen molar-refractivity contribution < 1.29 is 28.6 Å². The molecule has 0 unspecified atom stereocenters. The molecule has 1 aliphatic carbocycles. The molecule has 6 nitrogen and oxygen atoms in total. The first-order valence-electron chi connectivity index (χ1n) is 13.0. The molecule has 1 fully saturated rings. The highest BCUT2D eigenvalue weighted by molar-refractivity contribution is 6.00. The van der Waals surface area contributed by atoms with E-state index < -0.39 is 35.1 Å². The Hall–Kier alpha value is -2.89. The molecule has 4 aliphatic rings. The van der Waals surface area contributed by atoms with Crippen LogP contribution in [0, 0.1) is 11.3 Å². The van der Waals surface area contributed by atoms with E-state index in [0.717, 1.165) is 24.8 Å². The smallest absolute Gasteiger partial charge is 0.333 e. The van der Waals surface area contributed by atoms with E-state index >= 15 is 0 Å². The van der Waals surface area contributed by atoms with Crippen LogP contribution in [0.2, 0.25) is 0 Å². The summed E-state index contributed by atoms with van der Waals surface area (Å²) in [6, 6.07) is 0. The first-order chi connectivity index (χ1) is 17.0. The van der Waals surface area contributed by atoms with E-state index in [-0.39, 0.29) is 18.2 Å². The van der Waals surface area contributed by atoms with Gasteiger partial charge >= 0.3 is 11.9 Å². The molecule has 3 heterocycles. The van der Waals surface area contributed by atoms with Gasteiger partial charge in [-0.05, 0) is 85.3 Å². The van der Waals surface area contributed by atoms with Crippen molar-refractivity contribution >= 4 is 17.7 Å². The zero-order valence-electron chi connectivity index (χ0n) is 22.3. The van der Waals surface area contributed by atoms with E-state index in [1.54, 1.807) is 26.8 Å². The average molecular weight is 495 g/mol. The Morgan fingerprint density at radius 2 is 2.00 bits per heavy atom. The van der Waals surface area contributed by atoms with Crippen LogP contribution in [-0.4, -0.2) is 35.5 Å². The molecular formula is C30H38O6. The largest absolute Gasteiger partial charge is 0.479 e. The van der Waals surface area contributed by atoms with Crippen molar-refractivity contribution in [1.82, 2.24) is 0 Å². The molecule has 6 heteroatoms. The minimum atomic E-state index is -1.17. The van der Waals surface area contributed by atoms with Crippen molar-refractivity contribution in [1.29, 1.82) is 0 Å². The molecule has 0 aromatic heterocycles. The number of hydrogen-bond donors (Lipinski definition) is 0. The fraction of sp³-hybridized carbons (Fsp3) is 0.567. The van der Waals surface area contributed by atoms with Crippen LogP contribution in [0.4, 0.5) is 0 Å². The lowest BCUT2D eigenvalue weighted by Gasteiger charge is -2.40. The Morgan fingerprint density at radius 3 is 2.69 bits per heavy atom. The quantitative estimate of drug-likeness (QED) is 0.271. The molecule has 0 N–H and O–H groups in total. The van der Waals surface area contributed by atoms with E-state index in [1.165, 1.54) is 17.2 Å². The summed E-state index contributed by atoms with van der Waals surface area (Å²) in [5.41, 5.74) is 1.74. The molecule has 0 aromatic rings. The Balaban J connectivity index is 1.77. The average Bonchev–Trinajstić information content (AvgIpc) is 3.25. The van der Waals surface area contributed by atoms with Gasteiger partial charge in [0.05, 0.1) is 11.3 Å². The third kappa shape index (κ3) is 4.74. The topological polar surface area (TPSA) is 78.9 Å². The van der Waals surface area contributed by atoms with Gasteiger partial charge in [0.25, 0.3) is 0 Å². The van der Waals surface area contributed by atoms with Gasteiger partial charge < -0.3 is 14.2 Å². The molecule has 2 bridgehead atoms. The van der Waals surface area contributed by atoms with E-state index in [9.17, 15) is 14.4 Å². The second kappa shape index (κ2) is 9.87. The molecule has 1 saturated heterocycles. The molecule has 0 radical (unpaired) electrons. The first kappa shape index (κ1) is 26.2. The number of ether oxygens (including phenoxy) is 3. The maximum absolute atomic E-state index is 13.7. The van der Waals surface area contributed by atoms with Crippen LogP contribution in [0.15, 0.2) is 58.4 Å². The molecule has 36 heavy (non-hydrogen) atoms. The van der Waals surface area contributed by atoms with Crippen LogP contribution in [0.1, 0.15) is 80.1 Å². The van der Waals surface area contributed by atoms with Gasteiger partial charge in [-0.2, -0.15) is 0 Å². The number of carbonyl (C=O) groups is 3. The lowest BCUT2D eigenvalue weighted by Crippen LogP contribution is -2.48. The predicted molar refractivity (Wildman–Crippen MR) is 137 cm³/mol. The van der Waals surface area contributed by atoms with Crippen molar-refractivity contribution in [2.24, 2.45) is 11.3 Å². The van der Waals surface area contributed by atoms with Crippen LogP contribution >= 0.6 is 0 Å². The lowest BCUT2D eigenvalue weighted by atomic mass is 9.62. The molecule has 0 saturated carbocycles. The summed E-state index contributed by atoms with van der Waals surface area (Å²) in [7, 11) is 0. The van der Waals surface area contributed by atoms with Gasteiger partial charge in [0.15, 0.2) is 5.60 Å². The standard InChI is InChI=1S/C30H38O6/c1-7-19(4)27(32)34-24-17-29(6)25(31)15-22(36-29)20(5)14-23-26(24)30(28(33)35-23)13-9-12-21(16-30)11-8-10-18(2)3/h7,10,12,14-15,23-24,26H,8-9,11,13,16-17H2,1-6H3/b19-7-,20-14-/t23-,24+,26-,29+,30-/m0/s1. The van der Waals surface area contributed by atoms with Crippen LogP contribution in [0.3, 0.4) is 0 Å². The normalized spacial score (nSPS) is 35.2. The Labute approximate surface area is 214 Å². The minimum Gasteiger partial charge on any atom is -0.479 e. The number of hydrogen-bond acceptors (Lipinski definition) is 6. The van der Waals surface area contributed by atoms with Crippen molar-refractivity contribution in [2.45, 2.75) is 97.9 Å². The predicted octanol–water partition coefficient (Wildman–Crippen LogP) is 5.84. The number of esters is 2. The molecule has 5 atom stereocenters. The molecule has 194 valence electrons. The number of carbonyl (C=O) groups excluding carboxylic acids is 3. The summed E-state index contributed by atoms with van der Waals surface area (Å²) >= 11 is 0. The lowest BCUT2D eigenvalue weighted by molar-refractivity contribution is -0.158. The second-order valence-corrected chi connectivity index (χ2v) is 11.1. The fourth-order valence-corrected chi connectivity index (χ4v) is 6.00. The van der Waals surface area contributed by atoms with Gasteiger partial charge in [-0.15, -0.1) is 0 Å². The Kier molecular flexibility index (Phi) is 7.18. The number of rotatable bonds is 5. The highest BCUT2D eigenvalue weighted by Gasteiger charge is 2.62. The minimum absolute atomic E-state index is 0.155. The second-order valence-electron chi connectivity index (χ2n) is 11.1. The van der Waals surface area contributed by atoms with Crippen molar-refractivity contribution in [2.75, 3.05) is 0 Å². The number of allylic oxidation sites excluding steroid dienone is 6. The summed E-state index contributed by atoms with van der Waals surface area (Å²) in [5, 5.41) is 0. The van der Waals surface area contributed by atoms with Gasteiger partial charge in [0.2, 0.25) is 5.78 Å². The van der Waals surface area contributed by atoms with Gasteiger partial charge in [-0.3, -0.25) is 9.59 Å². The third-order valence-corrected chi connectivity index (χ3v) is 8.15. The van der Waals surface area contributed by atoms with Crippen molar-refractivity contribution in [3.63, 3.8) is 0 Å². The van der Waals surface area contributed by atoms with E-state index in [4.69, 9.17) is 14.2 Å². The van der Waals surface area contributed by atoms with Gasteiger partial charge in [0.1, 0.15) is 18.0 Å². The summed E-state index contributed by atoms with van der Waals surface area (Å²) in [6.07, 6.45) is 12.1. The summed E-state index contributed by atoms with van der Waals surface area (Å²) in [6.45, 7) is 11.3. The van der Waals surface area contributed by atoms with Gasteiger partial charge in [0, 0.05) is 18.1 Å². The van der Waals surface area contributed by atoms with Crippen molar-refractivity contribution in [3.05, 3.63) is 58.4 Å². The molecule has 1 spiro atoms. The zero-order valence-corrected chi connectivity index (χ0v) is 22.3. The Bertz CT molecular complexity index is 1110. The monoisotopic (exact) mass is 494 g/mol. The molecule has 0 aromatic carbocycles. The Morgan fingerprint density at radius 1 is 1.25 bits per heavy atom. The summed E-state index contributed by atoms with van der Waals surface area (Å²) in [4.78, 5) is 39.7. The maximum Gasteiger partial charge on any atom is 0.333 e. The number of ketones is 1. The molecular weight excluding hydrogens is 456 g/mol. The highest BCUT2D eigenvalue weighted by Crippen LogP contribution is 2.55. The summed E-state index contributed by atoms with van der Waals surface area (Å²) in [5.74, 6) is -0.780. The van der Waals surface area contributed by atoms with Crippen molar-refractivity contribution in [3.8, 4) is 0 Å². The van der Waals surface area contributed by atoms with Crippen LogP contribution in [0.5, 0.6) is 0 Å². The number of fused-ring (bicyclic) bond motifs is 4. The van der Waals surface area contributed by atoms with E-state index in [2.05, 4.69) is 26.0 Å². The summed E-state index contributed by atoms with van der Waals surface area (Å²) < 4.78 is 18.3. The highest BCUT2D eigenvalue weighted by atomic mass is 16.6. The fourth-order valence-electron chi connectivity index (χ4n) is 6.00. The first-order valence-corrected chi connectivity index (χ1v) is 13.0. The van der Waals surface area contributed by atoms with Gasteiger partial charge in [-0.25, -0.2) is 4.79 Å². The molecule has 3 aliphatic heterocycles. The van der Waals surface area contributed by atoms with Gasteiger partial charge in [-0.1, -0.05) is 29.4 Å². The van der Waals surface area contributed by atoms with Crippen LogP contribution < -0.4 is 0 Å². The molecule has 0 amide bonds. The zero-order chi connectivity index (χ0) is 26.3. The molecule has 4 rings (SSSR count). The third-order valence-electron chi connectivity index (χ3n) is 8.15. The SMILES string of the molecule is C/C=C(/C)C(=O)O[C@@H]1C[C@@]2(C)OC(=CC2=O)/C(C)=C\[C@@H]2OC(=O)[C@]3(CCC=C(CCC=C(C)C)C3)[C@@H]21. The maximum atomic E-state index is 13.7. The van der Waals surface area contributed by atoms with E-state index in [0.29, 0.717) is 24.2 Å². The van der Waals surface area contributed by atoms with E-state index in [1.807, 2.05) is 13.0 Å². The van der Waals surface area contributed by atoms with Crippen LogP contribution in [-0.2, 0) is 28.6 Å².